The second-order valence-corrected chi connectivity index (χ2v) is 7.32. The molecule has 1 aromatic carbocycles. The summed E-state index contributed by atoms with van der Waals surface area (Å²) in [5.41, 5.74) is 10.2. The van der Waals surface area contributed by atoms with Crippen LogP contribution in [-0.2, 0) is 12.8 Å². The summed E-state index contributed by atoms with van der Waals surface area (Å²) < 4.78 is 0. The summed E-state index contributed by atoms with van der Waals surface area (Å²) in [6, 6.07) is 6.92. The molecule has 0 radical (unpaired) electrons. The highest BCUT2D eigenvalue weighted by molar-refractivity contribution is 14.0. The maximum atomic E-state index is 6.17. The zero-order valence-corrected chi connectivity index (χ0v) is 18.5. The number of anilines is 1. The summed E-state index contributed by atoms with van der Waals surface area (Å²) >= 11 is 0. The van der Waals surface area contributed by atoms with Crippen LogP contribution in [0.2, 0.25) is 0 Å². The molecule has 146 valence electrons. The van der Waals surface area contributed by atoms with Crippen molar-refractivity contribution < 1.29 is 0 Å². The molecule has 3 N–H and O–H groups in total. The van der Waals surface area contributed by atoms with Gasteiger partial charge in [0, 0.05) is 37.9 Å². The zero-order chi connectivity index (χ0) is 17.6. The number of nitrogens with one attached hydrogen (secondary N) is 1. The van der Waals surface area contributed by atoms with Crippen LogP contribution in [0.5, 0.6) is 0 Å². The summed E-state index contributed by atoms with van der Waals surface area (Å²) in [5, 5.41) is 3.35. The molecule has 0 amide bonds. The van der Waals surface area contributed by atoms with Gasteiger partial charge in [-0.15, -0.1) is 24.0 Å². The van der Waals surface area contributed by atoms with Gasteiger partial charge >= 0.3 is 0 Å². The Morgan fingerprint density at radius 2 is 1.92 bits per heavy atom. The molecule has 1 heterocycles. The number of likely N-dealkylation sites (N-methyl/N-ethyl adjacent to an activating group) is 1. The third-order valence-electron chi connectivity index (χ3n) is 5.66. The number of rotatable bonds is 5. The number of fused-ring (bicyclic) bond motifs is 1. The van der Waals surface area contributed by atoms with Crippen LogP contribution < -0.4 is 11.1 Å². The molecule has 6 heteroatoms. The fourth-order valence-electron chi connectivity index (χ4n) is 3.94. The third kappa shape index (κ3) is 5.57. The van der Waals surface area contributed by atoms with E-state index in [1.165, 1.54) is 30.4 Å². The fourth-order valence-corrected chi connectivity index (χ4v) is 3.94. The quantitative estimate of drug-likeness (QED) is 0.394. The van der Waals surface area contributed by atoms with Gasteiger partial charge in [-0.3, -0.25) is 9.89 Å². The van der Waals surface area contributed by atoms with Crippen LogP contribution in [0.3, 0.4) is 0 Å². The molecule has 1 unspecified atom stereocenters. The first kappa shape index (κ1) is 21.4. The molecule has 1 aromatic rings. The van der Waals surface area contributed by atoms with E-state index in [0.29, 0.717) is 12.0 Å². The number of nitrogens with two attached hydrogens (primary N) is 1. The second kappa shape index (κ2) is 10.5. The molecule has 0 saturated carbocycles. The maximum absolute atomic E-state index is 6.17. The Hall–Kier alpha value is -0.860. The Morgan fingerprint density at radius 1 is 1.19 bits per heavy atom. The number of benzene rings is 1. The molecule has 1 aliphatic carbocycles. The number of hydrogen-bond donors (Lipinski definition) is 2. The van der Waals surface area contributed by atoms with Crippen molar-refractivity contribution >= 4 is 35.6 Å². The highest BCUT2D eigenvalue weighted by Gasteiger charge is 2.20. The van der Waals surface area contributed by atoms with Crippen molar-refractivity contribution in [3.8, 4) is 0 Å². The van der Waals surface area contributed by atoms with Gasteiger partial charge in [0.25, 0.3) is 0 Å². The van der Waals surface area contributed by atoms with Crippen molar-refractivity contribution in [2.45, 2.75) is 45.6 Å². The van der Waals surface area contributed by atoms with Gasteiger partial charge in [-0.05, 0) is 56.3 Å². The lowest BCUT2D eigenvalue weighted by atomic mass is 9.90. The summed E-state index contributed by atoms with van der Waals surface area (Å²) in [4.78, 5) is 9.63. The highest BCUT2D eigenvalue weighted by atomic mass is 127. The van der Waals surface area contributed by atoms with E-state index in [9.17, 15) is 0 Å². The van der Waals surface area contributed by atoms with Crippen LogP contribution in [0, 0.1) is 0 Å². The third-order valence-corrected chi connectivity index (χ3v) is 5.66. The average molecular weight is 471 g/mol. The lowest BCUT2D eigenvalue weighted by Gasteiger charge is -2.37. The first-order chi connectivity index (χ1) is 12.2. The van der Waals surface area contributed by atoms with E-state index in [1.807, 2.05) is 0 Å². The van der Waals surface area contributed by atoms with Crippen LogP contribution in [0.25, 0.3) is 0 Å². The molecule has 0 spiro atoms. The van der Waals surface area contributed by atoms with Crippen molar-refractivity contribution in [1.82, 2.24) is 9.80 Å². The Bertz CT molecular complexity index is 596. The number of nitrogens with zero attached hydrogens (tertiary/aromatic N) is 3. The minimum atomic E-state index is 0. The summed E-state index contributed by atoms with van der Waals surface area (Å²) in [7, 11) is 0. The molecule has 0 bridgehead atoms. The lowest BCUT2D eigenvalue weighted by molar-refractivity contribution is 0.109. The van der Waals surface area contributed by atoms with Crippen LogP contribution in [-0.4, -0.2) is 61.1 Å². The Morgan fingerprint density at radius 3 is 2.65 bits per heavy atom. The van der Waals surface area contributed by atoms with Crippen molar-refractivity contribution in [3.63, 3.8) is 0 Å². The van der Waals surface area contributed by atoms with E-state index in [0.717, 1.165) is 51.4 Å². The zero-order valence-electron chi connectivity index (χ0n) is 16.2. The number of guanidine groups is 1. The van der Waals surface area contributed by atoms with Crippen LogP contribution in [0.1, 0.15) is 37.8 Å². The number of piperazine rings is 1. The summed E-state index contributed by atoms with van der Waals surface area (Å²) in [5.74, 6) is 0.540. The van der Waals surface area contributed by atoms with Crippen molar-refractivity contribution in [2.24, 2.45) is 10.7 Å². The standard InChI is InChI=1S/C20H33N5.HI/c1-3-24-11-13-25(14-12-24)16(2)15-22-20(21)23-19-10-6-8-17-7-4-5-9-18(17)19;/h6,8,10,16H,3-5,7,9,11-15H2,1-2H3,(H3,21,22,23);1H. The van der Waals surface area contributed by atoms with Gasteiger partial charge in [-0.25, -0.2) is 0 Å². The summed E-state index contributed by atoms with van der Waals surface area (Å²) in [6.07, 6.45) is 4.89. The van der Waals surface area contributed by atoms with E-state index in [2.05, 4.69) is 52.2 Å². The molecule has 1 atom stereocenters. The van der Waals surface area contributed by atoms with E-state index in [4.69, 9.17) is 5.73 Å². The Labute approximate surface area is 175 Å². The van der Waals surface area contributed by atoms with Crippen LogP contribution >= 0.6 is 24.0 Å². The van der Waals surface area contributed by atoms with Crippen LogP contribution in [0.4, 0.5) is 5.69 Å². The van der Waals surface area contributed by atoms with Crippen molar-refractivity contribution in [2.75, 3.05) is 44.6 Å². The van der Waals surface area contributed by atoms with Gasteiger partial charge in [-0.1, -0.05) is 19.1 Å². The molecule has 2 aliphatic rings. The minimum Gasteiger partial charge on any atom is -0.370 e. The van der Waals surface area contributed by atoms with E-state index >= 15 is 0 Å². The van der Waals surface area contributed by atoms with Gasteiger partial charge in [0.05, 0.1) is 6.54 Å². The minimum absolute atomic E-state index is 0. The second-order valence-electron chi connectivity index (χ2n) is 7.32. The van der Waals surface area contributed by atoms with Crippen LogP contribution in [0.15, 0.2) is 23.2 Å². The van der Waals surface area contributed by atoms with Crippen molar-refractivity contribution in [1.29, 1.82) is 0 Å². The smallest absolute Gasteiger partial charge is 0.193 e. The predicted octanol–water partition coefficient (Wildman–Crippen LogP) is 2.94. The normalized spacial score (nSPS) is 20.2. The molecule has 1 saturated heterocycles. The molecule has 5 nitrogen and oxygen atoms in total. The van der Waals surface area contributed by atoms with E-state index in [1.54, 1.807) is 0 Å². The molecule has 1 fully saturated rings. The largest absolute Gasteiger partial charge is 0.370 e. The van der Waals surface area contributed by atoms with Gasteiger partial charge < -0.3 is 16.0 Å². The van der Waals surface area contributed by atoms with Gasteiger partial charge in [0.1, 0.15) is 0 Å². The molecule has 1 aliphatic heterocycles. The topological polar surface area (TPSA) is 56.9 Å². The van der Waals surface area contributed by atoms with Gasteiger partial charge in [0.15, 0.2) is 5.96 Å². The van der Waals surface area contributed by atoms with E-state index in [-0.39, 0.29) is 24.0 Å². The first-order valence-corrected chi connectivity index (χ1v) is 9.81. The van der Waals surface area contributed by atoms with E-state index < -0.39 is 0 Å². The van der Waals surface area contributed by atoms with Gasteiger partial charge in [-0.2, -0.15) is 0 Å². The molecular weight excluding hydrogens is 437 g/mol. The number of aliphatic imine (C=N–C) groups is 1. The lowest BCUT2D eigenvalue weighted by Crippen LogP contribution is -2.50. The predicted molar refractivity (Wildman–Crippen MR) is 122 cm³/mol. The van der Waals surface area contributed by atoms with Crippen molar-refractivity contribution in [3.05, 3.63) is 29.3 Å². The number of aryl methyl sites for hydroxylation is 1. The molecule has 0 aromatic heterocycles. The monoisotopic (exact) mass is 471 g/mol. The highest BCUT2D eigenvalue weighted by Crippen LogP contribution is 2.27. The fraction of sp³-hybridized carbons (Fsp3) is 0.650. The Kier molecular flexibility index (Phi) is 8.63. The first-order valence-electron chi connectivity index (χ1n) is 9.81. The number of hydrogen-bond acceptors (Lipinski definition) is 3. The molecule has 3 rings (SSSR count). The summed E-state index contributed by atoms with van der Waals surface area (Å²) in [6.45, 7) is 11.0. The SMILES string of the molecule is CCN1CCN(C(C)CN=C(N)Nc2cccc3c2CCCC3)CC1.I. The average Bonchev–Trinajstić information content (AvgIpc) is 2.66. The molecular formula is C20H34IN5. The van der Waals surface area contributed by atoms with Gasteiger partial charge in [0.2, 0.25) is 0 Å². The molecule has 26 heavy (non-hydrogen) atoms. The number of halogens is 1. The maximum Gasteiger partial charge on any atom is 0.193 e. The Balaban J connectivity index is 0.00000243.